The summed E-state index contributed by atoms with van der Waals surface area (Å²) in [5.41, 5.74) is 3.14. The first kappa shape index (κ1) is 14.3. The number of hydrogen-bond acceptors (Lipinski definition) is 2. The van der Waals surface area contributed by atoms with Crippen molar-refractivity contribution in [3.05, 3.63) is 34.9 Å². The first-order valence-electron chi connectivity index (χ1n) is 8.55. The van der Waals surface area contributed by atoms with Gasteiger partial charge in [0.2, 0.25) is 0 Å². The zero-order valence-electron chi connectivity index (χ0n) is 13.1. The number of aliphatic hydroxyl groups excluding tert-OH is 1. The molecule has 2 fully saturated rings. The molecule has 22 heavy (non-hydrogen) atoms. The predicted octanol–water partition coefficient (Wildman–Crippen LogP) is 3.60. The molecule has 1 aromatic carbocycles. The van der Waals surface area contributed by atoms with Gasteiger partial charge >= 0.3 is 5.97 Å². The van der Waals surface area contributed by atoms with Crippen molar-refractivity contribution < 1.29 is 15.0 Å². The second kappa shape index (κ2) is 4.82. The zero-order chi connectivity index (χ0) is 15.5. The molecule has 1 aromatic rings. The molecule has 0 heterocycles. The van der Waals surface area contributed by atoms with Gasteiger partial charge in [0.15, 0.2) is 0 Å². The van der Waals surface area contributed by atoms with E-state index in [1.165, 1.54) is 11.1 Å². The van der Waals surface area contributed by atoms with Crippen LogP contribution in [0.5, 0.6) is 0 Å². The molecule has 0 saturated heterocycles. The SMILES string of the molecule is C[C@]12CC[C@@H]3c4ccc(C(=O)O)cc4CC[C@H]3[C@@H]1CC[C@@H]2O. The van der Waals surface area contributed by atoms with E-state index < -0.39 is 5.97 Å². The third kappa shape index (κ3) is 1.88. The summed E-state index contributed by atoms with van der Waals surface area (Å²) in [6, 6.07) is 5.70. The molecule has 118 valence electrons. The molecule has 0 spiro atoms. The number of carbonyl (C=O) groups is 1. The average molecular weight is 300 g/mol. The van der Waals surface area contributed by atoms with Crippen molar-refractivity contribution >= 4 is 5.97 Å². The monoisotopic (exact) mass is 300 g/mol. The highest BCUT2D eigenvalue weighted by molar-refractivity contribution is 5.88. The van der Waals surface area contributed by atoms with Gasteiger partial charge in [-0.05, 0) is 85.0 Å². The van der Waals surface area contributed by atoms with Crippen molar-refractivity contribution in [1.82, 2.24) is 0 Å². The second-order valence-electron chi connectivity index (χ2n) is 7.77. The Morgan fingerprint density at radius 3 is 2.82 bits per heavy atom. The number of hydrogen-bond donors (Lipinski definition) is 2. The average Bonchev–Trinajstić information content (AvgIpc) is 2.82. The number of aryl methyl sites for hydroxylation is 1. The van der Waals surface area contributed by atoms with Crippen molar-refractivity contribution in [2.45, 2.75) is 57.5 Å². The molecule has 2 N–H and O–H groups in total. The van der Waals surface area contributed by atoms with Crippen LogP contribution in [0.1, 0.15) is 66.4 Å². The Morgan fingerprint density at radius 2 is 2.05 bits per heavy atom. The van der Waals surface area contributed by atoms with E-state index in [2.05, 4.69) is 13.0 Å². The van der Waals surface area contributed by atoms with E-state index in [0.29, 0.717) is 23.3 Å². The number of carboxylic acids is 1. The summed E-state index contributed by atoms with van der Waals surface area (Å²) < 4.78 is 0. The van der Waals surface area contributed by atoms with E-state index in [-0.39, 0.29) is 11.5 Å². The number of carboxylic acid groups (broad SMARTS) is 1. The first-order valence-corrected chi connectivity index (χ1v) is 8.55. The van der Waals surface area contributed by atoms with E-state index in [4.69, 9.17) is 0 Å². The Hall–Kier alpha value is -1.35. The van der Waals surface area contributed by atoms with Gasteiger partial charge in [0.25, 0.3) is 0 Å². The lowest BCUT2D eigenvalue weighted by Gasteiger charge is -2.50. The summed E-state index contributed by atoms with van der Waals surface area (Å²) >= 11 is 0. The molecule has 3 aliphatic rings. The van der Waals surface area contributed by atoms with Gasteiger partial charge in [-0.3, -0.25) is 0 Å². The van der Waals surface area contributed by atoms with Crippen molar-refractivity contribution in [1.29, 1.82) is 0 Å². The van der Waals surface area contributed by atoms with Crippen molar-refractivity contribution in [3.8, 4) is 0 Å². The highest BCUT2D eigenvalue weighted by Gasteiger charge is 2.54. The van der Waals surface area contributed by atoms with E-state index in [9.17, 15) is 15.0 Å². The number of benzene rings is 1. The number of aliphatic hydroxyl groups is 1. The molecular formula is C19H24O3. The highest BCUT2D eigenvalue weighted by atomic mass is 16.4. The molecule has 0 aromatic heterocycles. The summed E-state index contributed by atoms with van der Waals surface area (Å²) in [6.07, 6.45) is 6.34. The summed E-state index contributed by atoms with van der Waals surface area (Å²) in [5, 5.41) is 19.6. The minimum Gasteiger partial charge on any atom is -0.478 e. The predicted molar refractivity (Wildman–Crippen MR) is 84.0 cm³/mol. The van der Waals surface area contributed by atoms with Gasteiger partial charge in [0, 0.05) is 0 Å². The van der Waals surface area contributed by atoms with Crippen LogP contribution < -0.4 is 0 Å². The normalized spacial score (nSPS) is 39.7. The molecule has 0 radical (unpaired) electrons. The largest absolute Gasteiger partial charge is 0.478 e. The molecule has 0 amide bonds. The Labute approximate surface area is 131 Å². The maximum atomic E-state index is 11.2. The molecule has 4 rings (SSSR count). The van der Waals surface area contributed by atoms with Gasteiger partial charge in [-0.25, -0.2) is 4.79 Å². The minimum atomic E-state index is -0.833. The lowest BCUT2D eigenvalue weighted by Crippen LogP contribution is -2.43. The van der Waals surface area contributed by atoms with Crippen molar-refractivity contribution in [2.75, 3.05) is 0 Å². The lowest BCUT2D eigenvalue weighted by molar-refractivity contribution is -0.0226. The summed E-state index contributed by atoms with van der Waals surface area (Å²) in [4.78, 5) is 11.2. The van der Waals surface area contributed by atoms with Crippen LogP contribution in [0, 0.1) is 17.3 Å². The maximum absolute atomic E-state index is 11.2. The zero-order valence-corrected chi connectivity index (χ0v) is 13.1. The number of rotatable bonds is 1. The van der Waals surface area contributed by atoms with Crippen LogP contribution >= 0.6 is 0 Å². The van der Waals surface area contributed by atoms with E-state index in [0.717, 1.165) is 38.5 Å². The Kier molecular flexibility index (Phi) is 3.12. The van der Waals surface area contributed by atoms with E-state index in [1.54, 1.807) is 6.07 Å². The second-order valence-corrected chi connectivity index (χ2v) is 7.77. The molecule has 5 atom stereocenters. The Bertz CT molecular complexity index is 623. The van der Waals surface area contributed by atoms with Gasteiger partial charge < -0.3 is 10.2 Å². The maximum Gasteiger partial charge on any atom is 0.335 e. The Balaban J connectivity index is 1.69. The fourth-order valence-electron chi connectivity index (χ4n) is 5.69. The van der Waals surface area contributed by atoms with Crippen LogP contribution in [0.2, 0.25) is 0 Å². The quantitative estimate of drug-likeness (QED) is 0.833. The lowest BCUT2D eigenvalue weighted by atomic mass is 9.55. The fraction of sp³-hybridized carbons (Fsp3) is 0.632. The van der Waals surface area contributed by atoms with Crippen LogP contribution in [-0.4, -0.2) is 22.3 Å². The molecule has 2 saturated carbocycles. The number of aromatic carboxylic acids is 1. The minimum absolute atomic E-state index is 0.111. The highest BCUT2D eigenvalue weighted by Crippen LogP contribution is 2.60. The van der Waals surface area contributed by atoms with E-state index >= 15 is 0 Å². The van der Waals surface area contributed by atoms with Gasteiger partial charge in [0.1, 0.15) is 0 Å². The van der Waals surface area contributed by atoms with Gasteiger partial charge in [-0.2, -0.15) is 0 Å². The topological polar surface area (TPSA) is 57.5 Å². The smallest absolute Gasteiger partial charge is 0.335 e. The van der Waals surface area contributed by atoms with E-state index in [1.807, 2.05) is 6.07 Å². The Morgan fingerprint density at radius 1 is 1.23 bits per heavy atom. The summed E-state index contributed by atoms with van der Waals surface area (Å²) in [6.45, 7) is 2.29. The first-order chi connectivity index (χ1) is 10.5. The van der Waals surface area contributed by atoms with Crippen LogP contribution in [-0.2, 0) is 6.42 Å². The van der Waals surface area contributed by atoms with Crippen LogP contribution in [0.15, 0.2) is 18.2 Å². The van der Waals surface area contributed by atoms with Crippen molar-refractivity contribution in [3.63, 3.8) is 0 Å². The molecule has 0 unspecified atom stereocenters. The van der Waals surface area contributed by atoms with Gasteiger partial charge in [-0.15, -0.1) is 0 Å². The molecule has 3 nitrogen and oxygen atoms in total. The standard InChI is InChI=1S/C19H24O3/c1-19-9-8-14-13-4-3-12(18(21)22)10-11(13)2-5-15(14)16(19)6-7-17(19)20/h3-4,10,14-17,20H,2,5-9H2,1H3,(H,21,22)/t14-,15-,16+,17+,19+/m1/s1. The molecule has 3 heteroatoms. The fourth-order valence-corrected chi connectivity index (χ4v) is 5.69. The molecular weight excluding hydrogens is 276 g/mol. The van der Waals surface area contributed by atoms with Gasteiger partial charge in [0.05, 0.1) is 11.7 Å². The molecule has 3 aliphatic carbocycles. The molecule has 0 aliphatic heterocycles. The number of fused-ring (bicyclic) bond motifs is 5. The summed E-state index contributed by atoms with van der Waals surface area (Å²) in [7, 11) is 0. The van der Waals surface area contributed by atoms with Crippen molar-refractivity contribution in [2.24, 2.45) is 17.3 Å². The van der Waals surface area contributed by atoms with Crippen LogP contribution in [0.25, 0.3) is 0 Å². The van der Waals surface area contributed by atoms with Gasteiger partial charge in [-0.1, -0.05) is 13.0 Å². The third-order valence-corrected chi connectivity index (χ3v) is 6.92. The molecule has 0 bridgehead atoms. The summed E-state index contributed by atoms with van der Waals surface area (Å²) in [5.74, 6) is 1.03. The van der Waals surface area contributed by atoms with Crippen LogP contribution in [0.4, 0.5) is 0 Å². The van der Waals surface area contributed by atoms with Crippen LogP contribution in [0.3, 0.4) is 0 Å². The third-order valence-electron chi connectivity index (χ3n) is 6.92.